The predicted molar refractivity (Wildman–Crippen MR) is 110 cm³/mol. The molecule has 0 saturated heterocycles. The summed E-state index contributed by atoms with van der Waals surface area (Å²) in [6.45, 7) is 8.15. The van der Waals surface area contributed by atoms with Crippen LogP contribution in [0.3, 0.4) is 0 Å². The first kappa shape index (κ1) is 18.6. The number of amides is 1. The Bertz CT molecular complexity index is 911. The number of hydrogen-bond donors (Lipinski definition) is 2. The smallest absolute Gasteiger partial charge is 0.255 e. The third-order valence-electron chi connectivity index (χ3n) is 4.22. The number of rotatable bonds is 5. The number of aromatic nitrogens is 2. The van der Waals surface area contributed by atoms with E-state index in [0.717, 1.165) is 22.8 Å². The Morgan fingerprint density at radius 2 is 1.41 bits per heavy atom. The van der Waals surface area contributed by atoms with Crippen LogP contribution in [0.4, 0.5) is 17.3 Å². The Hall–Kier alpha value is -3.21. The summed E-state index contributed by atoms with van der Waals surface area (Å²) in [5, 5.41) is 6.09. The number of nitrogens with one attached hydrogen (secondary N) is 2. The minimum absolute atomic E-state index is 0.138. The van der Waals surface area contributed by atoms with Crippen LogP contribution in [0.15, 0.2) is 54.6 Å². The first-order valence-electron chi connectivity index (χ1n) is 9.01. The Kier molecular flexibility index (Phi) is 5.50. The summed E-state index contributed by atoms with van der Waals surface area (Å²) in [6, 6.07) is 17.1. The van der Waals surface area contributed by atoms with E-state index in [1.54, 1.807) is 12.1 Å². The van der Waals surface area contributed by atoms with E-state index in [4.69, 9.17) is 0 Å². The Morgan fingerprint density at radius 1 is 0.852 bits per heavy atom. The van der Waals surface area contributed by atoms with Gasteiger partial charge in [0.1, 0.15) is 0 Å². The normalized spacial score (nSPS) is 10.7. The highest BCUT2D eigenvalue weighted by Crippen LogP contribution is 2.19. The molecule has 0 aliphatic rings. The minimum Gasteiger partial charge on any atom is -0.324 e. The number of anilines is 3. The van der Waals surface area contributed by atoms with Crippen LogP contribution in [-0.2, 0) is 0 Å². The number of aryl methyl sites for hydroxylation is 2. The maximum atomic E-state index is 12.4. The lowest BCUT2D eigenvalue weighted by Gasteiger charge is -2.10. The molecule has 2 aromatic carbocycles. The minimum atomic E-state index is -0.138. The lowest BCUT2D eigenvalue weighted by Crippen LogP contribution is -2.11. The average Bonchev–Trinajstić information content (AvgIpc) is 2.62. The van der Waals surface area contributed by atoms with Gasteiger partial charge in [0, 0.05) is 28.3 Å². The van der Waals surface area contributed by atoms with Gasteiger partial charge in [-0.15, -0.1) is 0 Å². The van der Waals surface area contributed by atoms with E-state index in [-0.39, 0.29) is 5.91 Å². The van der Waals surface area contributed by atoms with Crippen LogP contribution in [0.1, 0.15) is 47.1 Å². The SMILES string of the molecule is Cc1cc(C)nc(Nc2ccc(C(=O)Nc3ccc(C(C)C)cc3)cc2)n1. The van der Waals surface area contributed by atoms with Crippen LogP contribution in [0.25, 0.3) is 0 Å². The molecule has 1 aromatic heterocycles. The fraction of sp³-hybridized carbons (Fsp3) is 0.227. The largest absolute Gasteiger partial charge is 0.324 e. The van der Waals surface area contributed by atoms with Crippen LogP contribution in [0, 0.1) is 13.8 Å². The monoisotopic (exact) mass is 360 g/mol. The number of benzene rings is 2. The molecule has 5 heteroatoms. The topological polar surface area (TPSA) is 66.9 Å². The summed E-state index contributed by atoms with van der Waals surface area (Å²) in [7, 11) is 0. The van der Waals surface area contributed by atoms with Crippen LogP contribution in [0.5, 0.6) is 0 Å². The Labute approximate surface area is 159 Å². The van der Waals surface area contributed by atoms with Gasteiger partial charge in [0.25, 0.3) is 5.91 Å². The van der Waals surface area contributed by atoms with Crippen molar-refractivity contribution in [3.05, 3.63) is 77.1 Å². The average molecular weight is 360 g/mol. The second kappa shape index (κ2) is 7.99. The molecule has 0 atom stereocenters. The van der Waals surface area contributed by atoms with E-state index in [9.17, 15) is 4.79 Å². The van der Waals surface area contributed by atoms with Gasteiger partial charge in [0.15, 0.2) is 0 Å². The van der Waals surface area contributed by atoms with Crippen molar-refractivity contribution in [1.82, 2.24) is 9.97 Å². The van der Waals surface area contributed by atoms with E-state index in [1.165, 1.54) is 5.56 Å². The first-order chi connectivity index (χ1) is 12.9. The zero-order valence-electron chi connectivity index (χ0n) is 16.1. The number of carbonyl (C=O) groups excluding carboxylic acids is 1. The summed E-state index contributed by atoms with van der Waals surface area (Å²) in [6.07, 6.45) is 0. The molecule has 0 unspecified atom stereocenters. The van der Waals surface area contributed by atoms with Gasteiger partial charge in [-0.2, -0.15) is 0 Å². The van der Waals surface area contributed by atoms with Crippen molar-refractivity contribution >= 4 is 23.2 Å². The van der Waals surface area contributed by atoms with Gasteiger partial charge in [-0.05, 0) is 67.8 Å². The maximum Gasteiger partial charge on any atom is 0.255 e. The summed E-state index contributed by atoms with van der Waals surface area (Å²) >= 11 is 0. The highest BCUT2D eigenvalue weighted by atomic mass is 16.1. The van der Waals surface area contributed by atoms with E-state index in [1.807, 2.05) is 56.3 Å². The molecule has 0 bridgehead atoms. The van der Waals surface area contributed by atoms with Crippen molar-refractivity contribution in [2.45, 2.75) is 33.6 Å². The molecule has 5 nitrogen and oxygen atoms in total. The second-order valence-corrected chi connectivity index (χ2v) is 6.91. The third kappa shape index (κ3) is 4.91. The van der Waals surface area contributed by atoms with Crippen molar-refractivity contribution in [3.8, 4) is 0 Å². The molecule has 0 aliphatic heterocycles. The quantitative estimate of drug-likeness (QED) is 0.655. The lowest BCUT2D eigenvalue weighted by molar-refractivity contribution is 0.102. The molecule has 27 heavy (non-hydrogen) atoms. The molecule has 138 valence electrons. The predicted octanol–water partition coefficient (Wildman–Crippen LogP) is 5.21. The Balaban J connectivity index is 1.66. The zero-order valence-corrected chi connectivity index (χ0v) is 16.1. The van der Waals surface area contributed by atoms with Gasteiger partial charge in [-0.25, -0.2) is 9.97 Å². The summed E-state index contributed by atoms with van der Waals surface area (Å²) < 4.78 is 0. The fourth-order valence-electron chi connectivity index (χ4n) is 2.77. The van der Waals surface area contributed by atoms with Crippen molar-refractivity contribution in [2.24, 2.45) is 0 Å². The molecule has 1 amide bonds. The Morgan fingerprint density at radius 3 is 1.96 bits per heavy atom. The van der Waals surface area contributed by atoms with Crippen LogP contribution >= 0.6 is 0 Å². The van der Waals surface area contributed by atoms with Gasteiger partial charge in [0.2, 0.25) is 5.95 Å². The van der Waals surface area contributed by atoms with Crippen molar-refractivity contribution in [3.63, 3.8) is 0 Å². The van der Waals surface area contributed by atoms with Gasteiger partial charge in [-0.1, -0.05) is 26.0 Å². The highest BCUT2D eigenvalue weighted by Gasteiger charge is 2.07. The molecule has 0 spiro atoms. The van der Waals surface area contributed by atoms with Crippen LogP contribution < -0.4 is 10.6 Å². The summed E-state index contributed by atoms with van der Waals surface area (Å²) in [4.78, 5) is 21.2. The van der Waals surface area contributed by atoms with Gasteiger partial charge < -0.3 is 10.6 Å². The zero-order chi connectivity index (χ0) is 19.4. The first-order valence-corrected chi connectivity index (χ1v) is 9.01. The standard InChI is InChI=1S/C22H24N4O/c1-14(2)17-5-9-19(10-6-17)25-21(27)18-7-11-20(12-8-18)26-22-23-15(3)13-16(4)24-22/h5-14H,1-4H3,(H,25,27)(H,23,24,26). The number of carbonyl (C=O) groups is 1. The number of nitrogens with zero attached hydrogens (tertiary/aromatic N) is 2. The second-order valence-electron chi connectivity index (χ2n) is 6.91. The van der Waals surface area contributed by atoms with E-state index >= 15 is 0 Å². The van der Waals surface area contributed by atoms with E-state index < -0.39 is 0 Å². The molecular formula is C22H24N4O. The number of hydrogen-bond acceptors (Lipinski definition) is 4. The fourth-order valence-corrected chi connectivity index (χ4v) is 2.77. The molecule has 0 radical (unpaired) electrons. The summed E-state index contributed by atoms with van der Waals surface area (Å²) in [5.41, 5.74) is 5.27. The molecule has 2 N–H and O–H groups in total. The van der Waals surface area contributed by atoms with Gasteiger partial charge >= 0.3 is 0 Å². The summed E-state index contributed by atoms with van der Waals surface area (Å²) in [5.74, 6) is 0.882. The van der Waals surface area contributed by atoms with Gasteiger partial charge in [0.05, 0.1) is 0 Å². The molecule has 0 aliphatic carbocycles. The lowest BCUT2D eigenvalue weighted by atomic mass is 10.0. The van der Waals surface area contributed by atoms with E-state index in [2.05, 4.69) is 34.4 Å². The van der Waals surface area contributed by atoms with Crippen molar-refractivity contribution < 1.29 is 4.79 Å². The van der Waals surface area contributed by atoms with Crippen molar-refractivity contribution in [2.75, 3.05) is 10.6 Å². The highest BCUT2D eigenvalue weighted by molar-refractivity contribution is 6.04. The van der Waals surface area contributed by atoms with Gasteiger partial charge in [-0.3, -0.25) is 4.79 Å². The molecule has 3 rings (SSSR count). The molecule has 1 heterocycles. The van der Waals surface area contributed by atoms with E-state index in [0.29, 0.717) is 17.4 Å². The molecule has 3 aromatic rings. The van der Waals surface area contributed by atoms with Crippen LogP contribution in [-0.4, -0.2) is 15.9 Å². The molecular weight excluding hydrogens is 336 g/mol. The van der Waals surface area contributed by atoms with Crippen LogP contribution in [0.2, 0.25) is 0 Å². The maximum absolute atomic E-state index is 12.4. The van der Waals surface area contributed by atoms with Crippen molar-refractivity contribution in [1.29, 1.82) is 0 Å². The molecule has 0 saturated carbocycles. The third-order valence-corrected chi connectivity index (χ3v) is 4.22. The molecule has 0 fully saturated rings.